The Bertz CT molecular complexity index is 3840. The first-order chi connectivity index (χ1) is 50.3. The molecule has 8 aromatic carbocycles. The molecule has 2 unspecified atom stereocenters. The maximum atomic E-state index is 15.8. The van der Waals surface area contributed by atoms with Crippen LogP contribution in [0, 0.1) is 11.8 Å². The Hall–Kier alpha value is -8.36. The summed E-state index contributed by atoms with van der Waals surface area (Å²) in [5, 5.41) is 6.46. The van der Waals surface area contributed by atoms with Crippen LogP contribution < -0.4 is 19.6 Å². The van der Waals surface area contributed by atoms with E-state index >= 15 is 9.59 Å². The molecule has 0 aliphatic carbocycles. The van der Waals surface area contributed by atoms with Gasteiger partial charge in [0.15, 0.2) is 0 Å². The van der Waals surface area contributed by atoms with Crippen LogP contribution in [-0.2, 0) is 22.4 Å². The average Bonchev–Trinajstić information content (AvgIpc) is 0.686. The van der Waals surface area contributed by atoms with Gasteiger partial charge in [0.1, 0.15) is 11.6 Å². The number of benzene rings is 8. The molecule has 102 heavy (non-hydrogen) atoms. The van der Waals surface area contributed by atoms with E-state index in [9.17, 15) is 0 Å². The number of hydrogen-bond donors (Lipinski definition) is 0. The molecule has 2 amide bonds. The first kappa shape index (κ1) is 73.4. The summed E-state index contributed by atoms with van der Waals surface area (Å²) in [5.41, 5.74) is 12.0. The number of amides is 2. The van der Waals surface area contributed by atoms with E-state index < -0.39 is 0 Å². The number of carbonyl (C=O) groups excluding carboxylic acids is 2. The molecule has 4 heterocycles. The molecule has 0 radical (unpaired) electrons. The van der Waals surface area contributed by atoms with Crippen molar-refractivity contribution < 1.29 is 9.59 Å². The molecule has 2 atom stereocenters. The highest BCUT2D eigenvalue weighted by Crippen LogP contribution is 2.52. The summed E-state index contributed by atoms with van der Waals surface area (Å²) in [6, 6.07) is 65.0. The van der Waals surface area contributed by atoms with Crippen LogP contribution in [0.1, 0.15) is 244 Å². The number of nitrogens with zero attached hydrogens (tertiary/aromatic N) is 6. The van der Waals surface area contributed by atoms with Gasteiger partial charge in [-0.15, -0.1) is 0 Å². The fourth-order valence-corrected chi connectivity index (χ4v) is 16.8. The van der Waals surface area contributed by atoms with Gasteiger partial charge in [-0.2, -0.15) is 0 Å². The molecule has 0 spiro atoms. The van der Waals surface area contributed by atoms with Gasteiger partial charge in [-0.25, -0.2) is 9.97 Å². The third-order valence-electron chi connectivity index (χ3n) is 22.4. The normalized spacial score (nSPS) is 13.5. The van der Waals surface area contributed by atoms with Crippen molar-refractivity contribution in [2.75, 3.05) is 32.7 Å². The predicted octanol–water partition coefficient (Wildman–Crippen LogP) is 27.2. The number of aromatic nitrogens is 2. The lowest BCUT2D eigenvalue weighted by Crippen LogP contribution is -2.40. The molecule has 8 nitrogen and oxygen atoms in total. The van der Waals surface area contributed by atoms with Crippen LogP contribution in [-0.4, -0.2) is 34.9 Å². The Kier molecular flexibility index (Phi) is 27.1. The molecule has 0 bridgehead atoms. The Morgan fingerprint density at radius 1 is 0.314 bits per heavy atom. The van der Waals surface area contributed by atoms with E-state index in [1.54, 1.807) is 0 Å². The van der Waals surface area contributed by atoms with Gasteiger partial charge in [0, 0.05) is 90.7 Å². The van der Waals surface area contributed by atoms with Gasteiger partial charge < -0.3 is 9.80 Å². The van der Waals surface area contributed by atoms with Crippen molar-refractivity contribution in [3.05, 3.63) is 193 Å². The van der Waals surface area contributed by atoms with Gasteiger partial charge in [-0.05, 0) is 134 Å². The molecule has 0 saturated heterocycles. The minimum Gasteiger partial charge on any atom is -0.311 e. The van der Waals surface area contributed by atoms with Crippen molar-refractivity contribution in [1.82, 2.24) is 9.97 Å². The fraction of sp³-hybridized carbons (Fsp3) is 0.447. The molecular weight excluding hydrogens is 1250 g/mol. The zero-order chi connectivity index (χ0) is 70.2. The van der Waals surface area contributed by atoms with Gasteiger partial charge in [0.2, 0.25) is 11.8 Å². The van der Waals surface area contributed by atoms with Crippen molar-refractivity contribution in [1.29, 1.82) is 0 Å². The maximum absolute atomic E-state index is 15.8. The summed E-state index contributed by atoms with van der Waals surface area (Å²) in [7, 11) is 0. The van der Waals surface area contributed by atoms with E-state index in [0.717, 1.165) is 137 Å². The molecule has 2 aromatic heterocycles. The predicted molar refractivity (Wildman–Crippen MR) is 436 cm³/mol. The zero-order valence-electron chi connectivity index (χ0n) is 62.4. The highest BCUT2D eigenvalue weighted by Gasteiger charge is 2.38. The number of pyridine rings is 2. The third kappa shape index (κ3) is 18.2. The summed E-state index contributed by atoms with van der Waals surface area (Å²) >= 11 is 0. The largest absolute Gasteiger partial charge is 0.311 e. The Balaban J connectivity index is 1.03. The summed E-state index contributed by atoms with van der Waals surface area (Å²) < 4.78 is 0. The standard InChI is InChI=1S/C94H116N6O2/c1-5-9-13-17-21-23-27-35-47-71(45-33-25-19-15-11-7-3)69-97-85(101)67-75-65-84-90-88-76(66-83-89(90)87(75)93(97)95-91(83)73-57-61-81(62-58-73)99(77-49-37-29-38-50-77)78-51-39-30-40-52-78)68-86(102)98(70-72(46-34-26-20-16-12-8-4)48-36-28-24-22-18-14-10-6-2)94(88)96-92(84)74-59-63-82(64-60-74)100(79-53-41-31-42-54-79)80-55-43-32-44-56-80/h29-32,37-44,49-66,71-72H,5-28,33-36,45-48,67-70H2,1-4H3. The van der Waals surface area contributed by atoms with Gasteiger partial charge in [-0.1, -0.05) is 305 Å². The number of unbranched alkanes of at least 4 members (excludes halogenated alkanes) is 24. The number of carbonyl (C=O) groups is 2. The smallest absolute Gasteiger partial charge is 0.232 e. The van der Waals surface area contributed by atoms with Gasteiger partial charge in [-0.3, -0.25) is 19.4 Å². The SMILES string of the molecule is CCCCCCCCCCC(CCCCCCCC)CN1C(=O)Cc2cc3c(-c4ccc(N(c5ccccc5)c5ccccc5)cc4)nc4c5c(cc6c(-c7ccc(N(c8ccccc8)c8ccccc8)cc7)nc1c2c6c35)CC(=O)N4CC(CCCCCCCC)CCCCCCCCCC. The van der Waals surface area contributed by atoms with Crippen LogP contribution in [0.4, 0.5) is 45.8 Å². The van der Waals surface area contributed by atoms with Crippen molar-refractivity contribution in [3.8, 4) is 22.5 Å². The van der Waals surface area contributed by atoms with Crippen LogP contribution in [0.25, 0.3) is 54.8 Å². The molecule has 0 N–H and O–H groups in total. The minimum atomic E-state index is 0.117. The summed E-state index contributed by atoms with van der Waals surface area (Å²) in [6.45, 7) is 10.5. The van der Waals surface area contributed by atoms with Crippen LogP contribution in [0.2, 0.25) is 0 Å². The highest BCUT2D eigenvalue weighted by atomic mass is 16.2. The molecule has 0 saturated carbocycles. The number of para-hydroxylation sites is 4. The second-order valence-corrected chi connectivity index (χ2v) is 30.1. The maximum Gasteiger partial charge on any atom is 0.232 e. The van der Waals surface area contributed by atoms with E-state index in [2.05, 4.69) is 229 Å². The monoisotopic (exact) mass is 1360 g/mol. The lowest BCUT2D eigenvalue weighted by molar-refractivity contribution is -0.119. The second kappa shape index (κ2) is 37.7. The Morgan fingerprint density at radius 3 is 0.843 bits per heavy atom. The molecule has 12 rings (SSSR count). The van der Waals surface area contributed by atoms with E-state index in [0.29, 0.717) is 24.9 Å². The van der Waals surface area contributed by atoms with Crippen molar-refractivity contribution in [2.24, 2.45) is 11.8 Å². The quantitative estimate of drug-likeness (QED) is 0.0280. The van der Waals surface area contributed by atoms with E-state index in [1.807, 2.05) is 0 Å². The van der Waals surface area contributed by atoms with E-state index in [-0.39, 0.29) is 24.7 Å². The Morgan fingerprint density at radius 2 is 0.569 bits per heavy atom. The van der Waals surface area contributed by atoms with E-state index in [1.165, 1.54) is 180 Å². The minimum absolute atomic E-state index is 0.117. The van der Waals surface area contributed by atoms with Crippen molar-refractivity contribution in [2.45, 2.75) is 246 Å². The second-order valence-electron chi connectivity index (χ2n) is 30.1. The molecule has 534 valence electrons. The van der Waals surface area contributed by atoms with Crippen LogP contribution in [0.15, 0.2) is 182 Å². The van der Waals surface area contributed by atoms with Gasteiger partial charge in [0.25, 0.3) is 0 Å². The summed E-state index contributed by atoms with van der Waals surface area (Å²) in [4.78, 5) is 52.3. The molecule has 8 heteroatoms. The average molecular weight is 1360 g/mol. The van der Waals surface area contributed by atoms with Crippen molar-refractivity contribution >= 4 is 89.9 Å². The van der Waals surface area contributed by atoms with Crippen LogP contribution in [0.5, 0.6) is 0 Å². The zero-order valence-corrected chi connectivity index (χ0v) is 62.4. The topological polar surface area (TPSA) is 72.9 Å². The highest BCUT2D eigenvalue weighted by molar-refractivity contribution is 6.34. The molecule has 2 aliphatic heterocycles. The lowest BCUT2D eigenvalue weighted by Gasteiger charge is -2.36. The fourth-order valence-electron chi connectivity index (χ4n) is 16.8. The summed E-state index contributed by atoms with van der Waals surface area (Å²) in [6.07, 6.45) is 40.5. The van der Waals surface area contributed by atoms with Crippen LogP contribution >= 0.6 is 0 Å². The lowest BCUT2D eigenvalue weighted by atomic mass is 9.83. The molecule has 0 fully saturated rings. The number of rotatable bonds is 44. The van der Waals surface area contributed by atoms with Crippen LogP contribution in [0.3, 0.4) is 0 Å². The third-order valence-corrected chi connectivity index (χ3v) is 22.4. The van der Waals surface area contributed by atoms with Gasteiger partial charge >= 0.3 is 0 Å². The first-order valence-corrected chi connectivity index (χ1v) is 40.6. The molecule has 10 aromatic rings. The molecular formula is C94H116N6O2. The number of hydrogen-bond acceptors (Lipinski definition) is 6. The van der Waals surface area contributed by atoms with E-state index in [4.69, 9.17) is 9.97 Å². The number of anilines is 8. The van der Waals surface area contributed by atoms with Gasteiger partial charge in [0.05, 0.1) is 24.2 Å². The first-order valence-electron chi connectivity index (χ1n) is 40.6. The van der Waals surface area contributed by atoms with Crippen molar-refractivity contribution in [3.63, 3.8) is 0 Å². The summed E-state index contributed by atoms with van der Waals surface area (Å²) in [5.74, 6) is 2.50. The Labute approximate surface area is 612 Å². The molecule has 2 aliphatic rings.